The highest BCUT2D eigenvalue weighted by Crippen LogP contribution is 2.28. The number of allylic oxidation sites excluding steroid dienone is 3. The first-order valence-electron chi connectivity index (χ1n) is 11.7. The molecular formula is C27H30F2N6O. The maximum Gasteiger partial charge on any atom is 0.259 e. The Balaban J connectivity index is 2.00. The van der Waals surface area contributed by atoms with Crippen LogP contribution in [-0.2, 0) is 6.42 Å². The summed E-state index contributed by atoms with van der Waals surface area (Å²) in [5.41, 5.74) is 12.9. The second-order valence-corrected chi connectivity index (χ2v) is 8.22. The van der Waals surface area contributed by atoms with Crippen molar-refractivity contribution >= 4 is 5.91 Å². The van der Waals surface area contributed by atoms with E-state index >= 15 is 8.78 Å². The van der Waals surface area contributed by atoms with E-state index in [0.29, 0.717) is 55.1 Å². The van der Waals surface area contributed by atoms with E-state index in [1.807, 2.05) is 13.8 Å². The number of rotatable bonds is 6. The Labute approximate surface area is 210 Å². The van der Waals surface area contributed by atoms with Crippen molar-refractivity contribution in [2.24, 2.45) is 11.5 Å². The number of hydrogen-bond donors (Lipinski definition) is 2. The van der Waals surface area contributed by atoms with Crippen LogP contribution in [0, 0.1) is 23.5 Å². The lowest BCUT2D eigenvalue weighted by Crippen LogP contribution is -2.48. The molecule has 1 aromatic carbocycles. The van der Waals surface area contributed by atoms with Crippen molar-refractivity contribution in [3.8, 4) is 23.1 Å². The van der Waals surface area contributed by atoms with Crippen LogP contribution in [0.5, 0.6) is 0 Å². The molecule has 1 saturated heterocycles. The summed E-state index contributed by atoms with van der Waals surface area (Å²) >= 11 is 0. The molecule has 9 heteroatoms. The zero-order valence-electron chi connectivity index (χ0n) is 20.5. The largest absolute Gasteiger partial charge is 0.404 e. The Bertz CT molecular complexity index is 1240. The third-order valence-electron chi connectivity index (χ3n) is 5.89. The highest BCUT2D eigenvalue weighted by atomic mass is 19.1. The minimum atomic E-state index is -0.949. The van der Waals surface area contributed by atoms with Crippen molar-refractivity contribution in [1.82, 2.24) is 19.8 Å². The van der Waals surface area contributed by atoms with E-state index < -0.39 is 23.1 Å². The van der Waals surface area contributed by atoms with Gasteiger partial charge in [-0.3, -0.25) is 4.79 Å². The van der Waals surface area contributed by atoms with Crippen molar-refractivity contribution in [2.75, 3.05) is 32.7 Å². The Hall–Kier alpha value is -4.03. The van der Waals surface area contributed by atoms with Gasteiger partial charge in [-0.05, 0) is 37.3 Å². The van der Waals surface area contributed by atoms with E-state index in [4.69, 9.17) is 11.5 Å². The first-order valence-corrected chi connectivity index (χ1v) is 11.7. The van der Waals surface area contributed by atoms with Gasteiger partial charge in [-0.15, -0.1) is 0 Å². The number of piperazine rings is 1. The van der Waals surface area contributed by atoms with Gasteiger partial charge in [-0.2, -0.15) is 0 Å². The number of amides is 1. The standard InChI is InChI=1S/C27H30F2N6O/c1-4-24-21(9-8-19(16-30)7-6-18(3)31)26(33-17-32-24)20-14-22(28)25(23(29)15-20)27(36)35-12-10-34(5-2)11-13-35/h6-7,14-17H,3-5,10-13,30-31H2,1-2H3/b7-6-,19-16+. The van der Waals surface area contributed by atoms with Gasteiger partial charge in [0.15, 0.2) is 0 Å². The number of likely N-dealkylation sites (N-methyl/N-ethyl adjacent to an activating group) is 1. The monoisotopic (exact) mass is 492 g/mol. The van der Waals surface area contributed by atoms with E-state index in [1.54, 1.807) is 12.2 Å². The van der Waals surface area contributed by atoms with E-state index in [9.17, 15) is 4.79 Å². The van der Waals surface area contributed by atoms with Crippen molar-refractivity contribution in [3.05, 3.63) is 83.1 Å². The number of carbonyl (C=O) groups is 1. The predicted octanol–water partition coefficient (Wildman–Crippen LogP) is 2.98. The van der Waals surface area contributed by atoms with Crippen LogP contribution in [0.15, 0.2) is 54.7 Å². The predicted molar refractivity (Wildman–Crippen MR) is 136 cm³/mol. The maximum atomic E-state index is 15.2. The summed E-state index contributed by atoms with van der Waals surface area (Å²) in [6.07, 6.45) is 6.30. The Morgan fingerprint density at radius 2 is 1.81 bits per heavy atom. The van der Waals surface area contributed by atoms with E-state index in [-0.39, 0.29) is 11.3 Å². The lowest BCUT2D eigenvalue weighted by molar-refractivity contribution is 0.0634. The van der Waals surface area contributed by atoms with Gasteiger partial charge in [0.25, 0.3) is 5.91 Å². The van der Waals surface area contributed by atoms with Crippen LogP contribution in [0.25, 0.3) is 11.3 Å². The van der Waals surface area contributed by atoms with Gasteiger partial charge in [-0.25, -0.2) is 18.7 Å². The molecule has 7 nitrogen and oxygen atoms in total. The highest BCUT2D eigenvalue weighted by molar-refractivity contribution is 5.95. The van der Waals surface area contributed by atoms with E-state index in [0.717, 1.165) is 18.7 Å². The Kier molecular flexibility index (Phi) is 8.92. The SMILES string of the molecule is C=C(N)/C=C\C(C#Cc1c(CC)ncnc1-c1cc(F)c(C(=O)N2CCN(CC)CC2)c(F)c1)=C/N. The molecule has 36 heavy (non-hydrogen) atoms. The van der Waals surface area contributed by atoms with Gasteiger partial charge in [0.1, 0.15) is 23.5 Å². The van der Waals surface area contributed by atoms with Crippen LogP contribution in [0.4, 0.5) is 8.78 Å². The third kappa shape index (κ3) is 6.15. The van der Waals surface area contributed by atoms with Gasteiger partial charge in [0.2, 0.25) is 0 Å². The quantitative estimate of drug-likeness (QED) is 0.475. The van der Waals surface area contributed by atoms with E-state index in [1.165, 1.54) is 17.4 Å². The molecule has 0 atom stereocenters. The molecule has 4 N–H and O–H groups in total. The fraction of sp³-hybridized carbons (Fsp3) is 0.296. The molecule has 0 aliphatic carbocycles. The molecule has 0 unspecified atom stereocenters. The molecule has 2 heterocycles. The van der Waals surface area contributed by atoms with Crippen LogP contribution in [0.2, 0.25) is 0 Å². The topological polar surface area (TPSA) is 101 Å². The summed E-state index contributed by atoms with van der Waals surface area (Å²) in [6, 6.07) is 2.23. The number of benzene rings is 1. The molecule has 1 amide bonds. The van der Waals surface area contributed by atoms with Crippen LogP contribution in [0.3, 0.4) is 0 Å². The van der Waals surface area contributed by atoms with Crippen LogP contribution < -0.4 is 11.5 Å². The second-order valence-electron chi connectivity index (χ2n) is 8.22. The number of nitrogens with two attached hydrogens (primary N) is 2. The zero-order valence-corrected chi connectivity index (χ0v) is 20.5. The van der Waals surface area contributed by atoms with Gasteiger partial charge in [0, 0.05) is 49.2 Å². The summed E-state index contributed by atoms with van der Waals surface area (Å²) in [5, 5.41) is 0. The van der Waals surface area contributed by atoms with Crippen molar-refractivity contribution in [3.63, 3.8) is 0 Å². The average Bonchev–Trinajstić information content (AvgIpc) is 2.88. The lowest BCUT2D eigenvalue weighted by atomic mass is 10.0. The average molecular weight is 493 g/mol. The molecule has 0 saturated carbocycles. The van der Waals surface area contributed by atoms with Crippen molar-refractivity contribution < 1.29 is 13.6 Å². The molecule has 1 aliphatic rings. The molecular weight excluding hydrogens is 462 g/mol. The number of aryl methyl sites for hydroxylation is 1. The smallest absolute Gasteiger partial charge is 0.259 e. The molecule has 1 aromatic heterocycles. The molecule has 0 radical (unpaired) electrons. The fourth-order valence-corrected chi connectivity index (χ4v) is 3.85. The Morgan fingerprint density at radius 1 is 1.14 bits per heavy atom. The number of carbonyl (C=O) groups excluding carboxylic acids is 1. The minimum Gasteiger partial charge on any atom is -0.404 e. The van der Waals surface area contributed by atoms with Gasteiger partial charge >= 0.3 is 0 Å². The number of hydrogen-bond acceptors (Lipinski definition) is 6. The van der Waals surface area contributed by atoms with Gasteiger partial charge in [0.05, 0.1) is 17.0 Å². The lowest BCUT2D eigenvalue weighted by Gasteiger charge is -2.34. The first-order chi connectivity index (χ1) is 17.3. The number of aromatic nitrogens is 2. The Morgan fingerprint density at radius 3 is 2.36 bits per heavy atom. The van der Waals surface area contributed by atoms with Crippen molar-refractivity contribution in [1.29, 1.82) is 0 Å². The first kappa shape index (κ1) is 26.6. The number of nitrogens with zero attached hydrogens (tertiary/aromatic N) is 4. The summed E-state index contributed by atoms with van der Waals surface area (Å²) in [4.78, 5) is 25.1. The second kappa shape index (κ2) is 12.1. The van der Waals surface area contributed by atoms with Crippen molar-refractivity contribution in [2.45, 2.75) is 20.3 Å². The molecule has 0 bridgehead atoms. The fourth-order valence-electron chi connectivity index (χ4n) is 3.85. The zero-order chi connectivity index (χ0) is 26.2. The number of halogens is 2. The van der Waals surface area contributed by atoms with Crippen LogP contribution in [-0.4, -0.2) is 58.4 Å². The normalized spacial score (nSPS) is 14.6. The van der Waals surface area contributed by atoms with Crippen LogP contribution >= 0.6 is 0 Å². The third-order valence-corrected chi connectivity index (χ3v) is 5.89. The molecule has 1 aliphatic heterocycles. The molecule has 0 spiro atoms. The molecule has 3 rings (SSSR count). The minimum absolute atomic E-state index is 0.155. The summed E-state index contributed by atoms with van der Waals surface area (Å²) < 4.78 is 30.3. The maximum absolute atomic E-state index is 15.2. The molecule has 188 valence electrons. The summed E-state index contributed by atoms with van der Waals surface area (Å²) in [7, 11) is 0. The summed E-state index contributed by atoms with van der Waals surface area (Å²) in [6.45, 7) is 10.5. The highest BCUT2D eigenvalue weighted by Gasteiger charge is 2.27. The van der Waals surface area contributed by atoms with Gasteiger partial charge in [-0.1, -0.05) is 32.3 Å². The summed E-state index contributed by atoms with van der Waals surface area (Å²) in [5.74, 6) is 3.33. The van der Waals surface area contributed by atoms with E-state index in [2.05, 4.69) is 33.3 Å². The van der Waals surface area contributed by atoms with Crippen LogP contribution in [0.1, 0.15) is 35.5 Å². The molecule has 2 aromatic rings. The molecule has 1 fully saturated rings. The van der Waals surface area contributed by atoms with Gasteiger partial charge < -0.3 is 21.3 Å².